The molecule has 20 heavy (non-hydrogen) atoms. The number of hydrogen-bond acceptors (Lipinski definition) is 4. The third kappa shape index (κ3) is 3.17. The first kappa shape index (κ1) is 14.5. The van der Waals surface area contributed by atoms with E-state index in [1.54, 1.807) is 7.11 Å². The molecule has 0 aliphatic heterocycles. The molecule has 0 aliphatic rings. The fourth-order valence-electron chi connectivity index (χ4n) is 1.93. The molecule has 0 amide bonds. The van der Waals surface area contributed by atoms with Crippen LogP contribution in [0.4, 0.5) is 0 Å². The molecule has 4 nitrogen and oxygen atoms in total. The monoisotopic (exact) mass is 291 g/mol. The van der Waals surface area contributed by atoms with Gasteiger partial charge in [-0.1, -0.05) is 19.9 Å². The molecule has 1 aromatic heterocycles. The first-order chi connectivity index (χ1) is 9.51. The third-order valence-corrected chi connectivity index (χ3v) is 3.87. The lowest BCUT2D eigenvalue weighted by atomic mass is 9.99. The molecule has 2 aromatic rings. The lowest BCUT2D eigenvalue weighted by Gasteiger charge is -2.11. The van der Waals surface area contributed by atoms with E-state index in [1.807, 2.05) is 17.5 Å². The van der Waals surface area contributed by atoms with E-state index in [0.29, 0.717) is 10.9 Å². The highest BCUT2D eigenvalue weighted by Crippen LogP contribution is 2.33. The second-order valence-electron chi connectivity index (χ2n) is 4.81. The normalized spacial score (nSPS) is 10.8. The minimum absolute atomic E-state index is 0.0448. The summed E-state index contributed by atoms with van der Waals surface area (Å²) in [6.45, 7) is 4.25. The Kier molecular flexibility index (Phi) is 4.39. The van der Waals surface area contributed by atoms with Crippen LogP contribution in [0.3, 0.4) is 0 Å². The van der Waals surface area contributed by atoms with Crippen molar-refractivity contribution < 1.29 is 14.6 Å². The Morgan fingerprint density at radius 2 is 2.20 bits per heavy atom. The summed E-state index contributed by atoms with van der Waals surface area (Å²) in [7, 11) is 1.62. The van der Waals surface area contributed by atoms with Gasteiger partial charge in [-0.05, 0) is 23.6 Å². The smallest absolute Gasteiger partial charge is 0.310 e. The van der Waals surface area contributed by atoms with Gasteiger partial charge >= 0.3 is 5.97 Å². The molecule has 1 N–H and O–H groups in total. The molecule has 2 rings (SSSR count). The van der Waals surface area contributed by atoms with Gasteiger partial charge < -0.3 is 9.84 Å². The number of hydrogen-bond donors (Lipinski definition) is 1. The number of aromatic nitrogens is 1. The molecule has 0 bridgehead atoms. The third-order valence-electron chi connectivity index (χ3n) is 3.02. The van der Waals surface area contributed by atoms with E-state index >= 15 is 0 Å². The highest BCUT2D eigenvalue weighted by Gasteiger charge is 2.13. The largest absolute Gasteiger partial charge is 0.496 e. The Hall–Kier alpha value is -1.88. The summed E-state index contributed by atoms with van der Waals surface area (Å²) in [6, 6.07) is 6.03. The van der Waals surface area contributed by atoms with Crippen molar-refractivity contribution >= 4 is 17.3 Å². The molecule has 0 spiro atoms. The molecule has 106 valence electrons. The zero-order chi connectivity index (χ0) is 14.7. The number of carbonyl (C=O) groups is 1. The van der Waals surface area contributed by atoms with Crippen molar-refractivity contribution in [1.82, 2.24) is 4.98 Å². The molecule has 5 heteroatoms. The molecule has 1 heterocycles. The first-order valence-electron chi connectivity index (χ1n) is 6.35. The molecule has 0 atom stereocenters. The Labute approximate surface area is 122 Å². The topological polar surface area (TPSA) is 59.4 Å². The van der Waals surface area contributed by atoms with Crippen LogP contribution in [0.5, 0.6) is 5.75 Å². The molecule has 0 unspecified atom stereocenters. The summed E-state index contributed by atoms with van der Waals surface area (Å²) >= 11 is 1.36. The Morgan fingerprint density at radius 1 is 1.45 bits per heavy atom. The van der Waals surface area contributed by atoms with Gasteiger partial charge in [-0.3, -0.25) is 4.79 Å². The van der Waals surface area contributed by atoms with Gasteiger partial charge in [-0.25, -0.2) is 4.98 Å². The number of benzene rings is 1. The number of carboxylic acids is 1. The number of nitrogens with zero attached hydrogens (tertiary/aromatic N) is 1. The summed E-state index contributed by atoms with van der Waals surface area (Å²) < 4.78 is 5.37. The molecule has 0 aliphatic carbocycles. The van der Waals surface area contributed by atoms with Crippen LogP contribution in [0.15, 0.2) is 23.6 Å². The zero-order valence-corrected chi connectivity index (χ0v) is 12.5. The maximum Gasteiger partial charge on any atom is 0.310 e. The van der Waals surface area contributed by atoms with Gasteiger partial charge in [0.05, 0.1) is 19.2 Å². The molecule has 0 saturated carbocycles. The van der Waals surface area contributed by atoms with Crippen LogP contribution in [0, 0.1) is 0 Å². The van der Waals surface area contributed by atoms with Crippen molar-refractivity contribution in [3.05, 3.63) is 34.2 Å². The second kappa shape index (κ2) is 6.05. The first-order valence-corrected chi connectivity index (χ1v) is 7.23. The van der Waals surface area contributed by atoms with Gasteiger partial charge in [0.1, 0.15) is 10.8 Å². The summed E-state index contributed by atoms with van der Waals surface area (Å²) in [5.74, 6) is 0.298. The van der Waals surface area contributed by atoms with E-state index in [1.165, 1.54) is 16.9 Å². The Morgan fingerprint density at radius 3 is 2.80 bits per heavy atom. The van der Waals surface area contributed by atoms with Crippen molar-refractivity contribution in [1.29, 1.82) is 0 Å². The standard InChI is InChI=1S/C15H17NO3S/c1-9(2)10-4-5-13(19-3)11(6-10)12-8-20-14(16-12)7-15(17)18/h4-6,8-9H,7H2,1-3H3,(H,17,18). The van der Waals surface area contributed by atoms with Gasteiger partial charge in [-0.2, -0.15) is 0 Å². The quantitative estimate of drug-likeness (QED) is 0.915. The van der Waals surface area contributed by atoms with E-state index in [9.17, 15) is 4.79 Å². The number of carboxylic acid groups (broad SMARTS) is 1. The molecule has 0 radical (unpaired) electrons. The predicted molar refractivity (Wildman–Crippen MR) is 79.5 cm³/mol. The minimum atomic E-state index is -0.867. The lowest BCUT2D eigenvalue weighted by Crippen LogP contribution is -1.99. The zero-order valence-electron chi connectivity index (χ0n) is 11.7. The molecule has 0 saturated heterocycles. The summed E-state index contributed by atoms with van der Waals surface area (Å²) in [6.07, 6.45) is -0.0448. The van der Waals surface area contributed by atoms with E-state index in [-0.39, 0.29) is 6.42 Å². The van der Waals surface area contributed by atoms with Crippen LogP contribution in [0.25, 0.3) is 11.3 Å². The van der Waals surface area contributed by atoms with Crippen LogP contribution in [-0.4, -0.2) is 23.2 Å². The molecule has 0 fully saturated rings. The number of aliphatic carboxylic acids is 1. The molecular weight excluding hydrogens is 274 g/mol. The van der Waals surface area contributed by atoms with Crippen molar-refractivity contribution in [3.8, 4) is 17.0 Å². The summed E-state index contributed by atoms with van der Waals surface area (Å²) in [5, 5.41) is 11.3. The van der Waals surface area contributed by atoms with Crippen LogP contribution >= 0.6 is 11.3 Å². The van der Waals surface area contributed by atoms with Gasteiger partial charge in [0.2, 0.25) is 0 Å². The summed E-state index contributed by atoms with van der Waals surface area (Å²) in [5.41, 5.74) is 2.88. The predicted octanol–water partition coefficient (Wildman–Crippen LogP) is 3.57. The Bertz CT molecular complexity index is 619. The highest BCUT2D eigenvalue weighted by atomic mass is 32.1. The number of thiazole rings is 1. The maximum atomic E-state index is 10.7. The van der Waals surface area contributed by atoms with Crippen LogP contribution in [0.2, 0.25) is 0 Å². The lowest BCUT2D eigenvalue weighted by molar-refractivity contribution is -0.136. The van der Waals surface area contributed by atoms with Crippen LogP contribution in [0.1, 0.15) is 30.3 Å². The fourth-order valence-corrected chi connectivity index (χ4v) is 2.72. The van der Waals surface area contributed by atoms with E-state index in [0.717, 1.165) is 17.0 Å². The number of methoxy groups -OCH3 is 1. The van der Waals surface area contributed by atoms with Crippen LogP contribution in [-0.2, 0) is 11.2 Å². The Balaban J connectivity index is 2.41. The number of rotatable bonds is 5. The van der Waals surface area contributed by atoms with E-state index < -0.39 is 5.97 Å². The highest BCUT2D eigenvalue weighted by molar-refractivity contribution is 7.10. The minimum Gasteiger partial charge on any atom is -0.496 e. The molecule has 1 aromatic carbocycles. The maximum absolute atomic E-state index is 10.7. The molecular formula is C15H17NO3S. The van der Waals surface area contributed by atoms with Crippen molar-refractivity contribution in [2.45, 2.75) is 26.2 Å². The van der Waals surface area contributed by atoms with E-state index in [4.69, 9.17) is 9.84 Å². The average Bonchev–Trinajstić information content (AvgIpc) is 2.85. The number of ether oxygens (including phenoxy) is 1. The van der Waals surface area contributed by atoms with Crippen molar-refractivity contribution in [2.24, 2.45) is 0 Å². The SMILES string of the molecule is COc1ccc(C(C)C)cc1-c1csc(CC(=O)O)n1. The van der Waals surface area contributed by atoms with Crippen molar-refractivity contribution in [2.75, 3.05) is 7.11 Å². The van der Waals surface area contributed by atoms with Gasteiger partial charge in [0.25, 0.3) is 0 Å². The second-order valence-corrected chi connectivity index (χ2v) is 5.75. The average molecular weight is 291 g/mol. The van der Waals surface area contributed by atoms with E-state index in [2.05, 4.69) is 24.9 Å². The van der Waals surface area contributed by atoms with Gasteiger partial charge in [0.15, 0.2) is 0 Å². The van der Waals surface area contributed by atoms with Crippen molar-refractivity contribution in [3.63, 3.8) is 0 Å². The van der Waals surface area contributed by atoms with Gasteiger partial charge in [-0.15, -0.1) is 11.3 Å². The summed E-state index contributed by atoms with van der Waals surface area (Å²) in [4.78, 5) is 15.1. The van der Waals surface area contributed by atoms with Crippen LogP contribution < -0.4 is 4.74 Å². The van der Waals surface area contributed by atoms with Gasteiger partial charge in [0, 0.05) is 10.9 Å². The fraction of sp³-hybridized carbons (Fsp3) is 0.333.